The Morgan fingerprint density at radius 1 is 1.06 bits per heavy atom. The molecule has 2 aromatic carbocycles. The summed E-state index contributed by atoms with van der Waals surface area (Å²) in [5, 5.41) is 11.0. The zero-order valence-corrected chi connectivity index (χ0v) is 16.3. The Kier molecular flexibility index (Phi) is 5.21. The molecule has 1 saturated heterocycles. The van der Waals surface area contributed by atoms with E-state index in [9.17, 15) is 23.5 Å². The second-order valence-electron chi connectivity index (χ2n) is 6.75. The number of rotatable bonds is 4. The quantitative estimate of drug-likeness (QED) is 0.391. The van der Waals surface area contributed by atoms with E-state index in [4.69, 9.17) is 4.74 Å². The molecular formula is C23H16F2N2O4. The molecule has 1 aromatic heterocycles. The fraction of sp³-hybridized carbons (Fsp3) is 0.0870. The summed E-state index contributed by atoms with van der Waals surface area (Å²) in [4.78, 5) is 30.9. The summed E-state index contributed by atoms with van der Waals surface area (Å²) in [5.41, 5.74) is -0.295. The molecule has 0 radical (unpaired) electrons. The molecule has 0 spiro atoms. The molecule has 6 nitrogen and oxygen atoms in total. The largest absolute Gasteiger partial charge is 0.507 e. The van der Waals surface area contributed by atoms with Crippen LogP contribution in [0.3, 0.4) is 0 Å². The van der Waals surface area contributed by atoms with Gasteiger partial charge in [0.15, 0.2) is 0 Å². The Labute approximate surface area is 176 Å². The van der Waals surface area contributed by atoms with Gasteiger partial charge in [0.05, 0.1) is 24.1 Å². The van der Waals surface area contributed by atoms with E-state index in [0.717, 1.165) is 23.1 Å². The van der Waals surface area contributed by atoms with E-state index in [2.05, 4.69) is 4.98 Å². The molecule has 4 rings (SSSR count). The van der Waals surface area contributed by atoms with Crippen LogP contribution in [0.2, 0.25) is 0 Å². The van der Waals surface area contributed by atoms with Gasteiger partial charge in [-0.25, -0.2) is 8.78 Å². The number of carbonyl (C=O) groups excluding carboxylic acids is 2. The van der Waals surface area contributed by atoms with Crippen molar-refractivity contribution in [3.8, 4) is 5.75 Å². The number of ether oxygens (including phenoxy) is 1. The van der Waals surface area contributed by atoms with Crippen LogP contribution < -0.4 is 9.64 Å². The van der Waals surface area contributed by atoms with Crippen molar-refractivity contribution in [1.82, 2.24) is 4.98 Å². The van der Waals surface area contributed by atoms with Gasteiger partial charge in [-0.1, -0.05) is 18.2 Å². The van der Waals surface area contributed by atoms with Crippen LogP contribution in [0.25, 0.3) is 5.76 Å². The van der Waals surface area contributed by atoms with Gasteiger partial charge < -0.3 is 9.84 Å². The SMILES string of the molecule is COc1cccc(/C(O)=C2\C(=O)C(=O)N(c3cc(F)ccc3F)C2c2ccccn2)c1. The lowest BCUT2D eigenvalue weighted by molar-refractivity contribution is -0.132. The molecule has 1 aliphatic heterocycles. The van der Waals surface area contributed by atoms with Gasteiger partial charge in [-0.15, -0.1) is 0 Å². The number of pyridine rings is 1. The molecule has 0 aliphatic carbocycles. The average Bonchev–Trinajstić information content (AvgIpc) is 3.06. The minimum atomic E-state index is -1.26. The van der Waals surface area contributed by atoms with E-state index in [0.29, 0.717) is 5.75 Å². The normalized spacial score (nSPS) is 17.8. The van der Waals surface area contributed by atoms with Crippen LogP contribution >= 0.6 is 0 Å². The van der Waals surface area contributed by atoms with Crippen LogP contribution in [0.1, 0.15) is 17.3 Å². The zero-order chi connectivity index (χ0) is 22.1. The van der Waals surface area contributed by atoms with Crippen molar-refractivity contribution in [2.45, 2.75) is 6.04 Å². The van der Waals surface area contributed by atoms with Crippen LogP contribution in [-0.4, -0.2) is 28.9 Å². The predicted molar refractivity (Wildman–Crippen MR) is 108 cm³/mol. The summed E-state index contributed by atoms with van der Waals surface area (Å²) in [6.07, 6.45) is 1.43. The Hall–Kier alpha value is -4.07. The van der Waals surface area contributed by atoms with Crippen molar-refractivity contribution in [2.75, 3.05) is 12.0 Å². The third-order valence-electron chi connectivity index (χ3n) is 4.92. The third kappa shape index (κ3) is 3.52. The van der Waals surface area contributed by atoms with Crippen molar-refractivity contribution in [3.05, 3.63) is 95.3 Å². The first-order chi connectivity index (χ1) is 14.9. The Morgan fingerprint density at radius 3 is 2.58 bits per heavy atom. The minimum Gasteiger partial charge on any atom is -0.507 e. The number of hydrogen-bond acceptors (Lipinski definition) is 5. The van der Waals surface area contributed by atoms with Crippen LogP contribution in [-0.2, 0) is 9.59 Å². The van der Waals surface area contributed by atoms with Crippen LogP contribution in [0.15, 0.2) is 72.4 Å². The molecule has 1 unspecified atom stereocenters. The van der Waals surface area contributed by atoms with Gasteiger partial charge in [-0.2, -0.15) is 0 Å². The van der Waals surface area contributed by atoms with E-state index in [1.807, 2.05) is 0 Å². The van der Waals surface area contributed by atoms with E-state index in [-0.39, 0.29) is 16.8 Å². The van der Waals surface area contributed by atoms with Crippen LogP contribution in [0.4, 0.5) is 14.5 Å². The molecular weight excluding hydrogens is 406 g/mol. The number of carbonyl (C=O) groups is 2. The highest BCUT2D eigenvalue weighted by Gasteiger charge is 2.48. The first-order valence-corrected chi connectivity index (χ1v) is 9.23. The Morgan fingerprint density at radius 2 is 1.87 bits per heavy atom. The summed E-state index contributed by atoms with van der Waals surface area (Å²) < 4.78 is 33.6. The second-order valence-corrected chi connectivity index (χ2v) is 6.75. The summed E-state index contributed by atoms with van der Waals surface area (Å²) >= 11 is 0. The summed E-state index contributed by atoms with van der Waals surface area (Å²) in [6.45, 7) is 0. The van der Waals surface area contributed by atoms with Gasteiger partial charge in [0, 0.05) is 17.8 Å². The second kappa shape index (κ2) is 7.98. The van der Waals surface area contributed by atoms with Crippen molar-refractivity contribution < 1.29 is 28.2 Å². The Bertz CT molecular complexity index is 1210. The maximum absolute atomic E-state index is 14.6. The molecule has 8 heteroatoms. The fourth-order valence-corrected chi connectivity index (χ4v) is 3.49. The van der Waals surface area contributed by atoms with Crippen molar-refractivity contribution in [2.24, 2.45) is 0 Å². The van der Waals surface area contributed by atoms with E-state index in [1.54, 1.807) is 24.3 Å². The summed E-state index contributed by atoms with van der Waals surface area (Å²) in [6, 6.07) is 12.4. The summed E-state index contributed by atoms with van der Waals surface area (Å²) in [5.74, 6) is -3.89. The molecule has 31 heavy (non-hydrogen) atoms. The molecule has 0 saturated carbocycles. The molecule has 1 amide bonds. The van der Waals surface area contributed by atoms with Gasteiger partial charge in [-0.3, -0.25) is 19.5 Å². The lowest BCUT2D eigenvalue weighted by atomic mass is 9.98. The molecule has 2 heterocycles. The number of halogens is 2. The standard InChI is InChI=1S/C23H16F2N2O4/c1-31-15-6-4-5-13(11-15)21(28)19-20(17-7-2-3-10-26-17)27(23(30)22(19)29)18-12-14(24)8-9-16(18)25/h2-12,20,28H,1H3/b21-19+. The molecule has 0 bridgehead atoms. The fourth-order valence-electron chi connectivity index (χ4n) is 3.49. The van der Waals surface area contributed by atoms with E-state index < -0.39 is 40.8 Å². The van der Waals surface area contributed by atoms with Gasteiger partial charge in [0.25, 0.3) is 11.7 Å². The first-order valence-electron chi connectivity index (χ1n) is 9.23. The number of anilines is 1. The predicted octanol–water partition coefficient (Wildman–Crippen LogP) is 3.99. The van der Waals surface area contributed by atoms with Gasteiger partial charge in [-0.05, 0) is 36.4 Å². The number of Topliss-reactive ketones (excluding diaryl/α,β-unsaturated/α-hetero) is 1. The van der Waals surface area contributed by atoms with Crippen LogP contribution in [0, 0.1) is 11.6 Å². The highest BCUT2D eigenvalue weighted by Crippen LogP contribution is 2.42. The number of aliphatic hydroxyl groups is 1. The number of amides is 1. The molecule has 156 valence electrons. The van der Waals surface area contributed by atoms with Crippen molar-refractivity contribution in [3.63, 3.8) is 0 Å². The third-order valence-corrected chi connectivity index (χ3v) is 4.92. The molecule has 1 fully saturated rings. The maximum atomic E-state index is 14.6. The summed E-state index contributed by atoms with van der Waals surface area (Å²) in [7, 11) is 1.44. The molecule has 1 atom stereocenters. The molecule has 1 N–H and O–H groups in total. The average molecular weight is 422 g/mol. The van der Waals surface area contributed by atoms with Gasteiger partial charge in [0.1, 0.15) is 29.2 Å². The number of aliphatic hydroxyl groups excluding tert-OH is 1. The van der Waals surface area contributed by atoms with Gasteiger partial charge >= 0.3 is 0 Å². The first kappa shape index (κ1) is 20.2. The number of hydrogen-bond donors (Lipinski definition) is 1. The van der Waals surface area contributed by atoms with Crippen molar-refractivity contribution in [1.29, 1.82) is 0 Å². The van der Waals surface area contributed by atoms with E-state index in [1.165, 1.54) is 31.5 Å². The number of nitrogens with zero attached hydrogens (tertiary/aromatic N) is 2. The lowest BCUT2D eigenvalue weighted by Gasteiger charge is -2.25. The minimum absolute atomic E-state index is 0.204. The number of ketones is 1. The highest BCUT2D eigenvalue weighted by atomic mass is 19.1. The monoisotopic (exact) mass is 422 g/mol. The smallest absolute Gasteiger partial charge is 0.300 e. The topological polar surface area (TPSA) is 79.7 Å². The molecule has 3 aromatic rings. The number of aromatic nitrogens is 1. The zero-order valence-electron chi connectivity index (χ0n) is 16.3. The number of methoxy groups -OCH3 is 1. The van der Waals surface area contributed by atoms with Crippen molar-refractivity contribution >= 4 is 23.1 Å². The number of benzene rings is 2. The van der Waals surface area contributed by atoms with Crippen LogP contribution in [0.5, 0.6) is 5.75 Å². The van der Waals surface area contributed by atoms with E-state index >= 15 is 0 Å². The van der Waals surface area contributed by atoms with Gasteiger partial charge in [0.2, 0.25) is 0 Å². The lowest BCUT2D eigenvalue weighted by Crippen LogP contribution is -2.30. The molecule has 1 aliphatic rings. The Balaban J connectivity index is 1.97. The maximum Gasteiger partial charge on any atom is 0.300 e. The highest BCUT2D eigenvalue weighted by molar-refractivity contribution is 6.51.